The highest BCUT2D eigenvalue weighted by atomic mass is 35.5. The summed E-state index contributed by atoms with van der Waals surface area (Å²) in [7, 11) is 0. The zero-order valence-electron chi connectivity index (χ0n) is 14.9. The summed E-state index contributed by atoms with van der Waals surface area (Å²) in [4.78, 5) is 31.3. The van der Waals surface area contributed by atoms with Gasteiger partial charge in [-0.15, -0.1) is 0 Å². The number of hydrogen-bond acceptors (Lipinski definition) is 4. The molecule has 1 aliphatic heterocycles. The van der Waals surface area contributed by atoms with Crippen molar-refractivity contribution in [3.8, 4) is 0 Å². The number of nitrogens with zero attached hydrogens (tertiary/aromatic N) is 2. The molecule has 27 heavy (non-hydrogen) atoms. The predicted octanol–water partition coefficient (Wildman–Crippen LogP) is 4.00. The Morgan fingerprint density at radius 1 is 1.22 bits per heavy atom. The second-order valence-corrected chi connectivity index (χ2v) is 7.65. The lowest BCUT2D eigenvalue weighted by molar-refractivity contribution is -0.130. The lowest BCUT2D eigenvalue weighted by Gasteiger charge is -2.31. The molecule has 1 aliphatic rings. The van der Waals surface area contributed by atoms with Crippen LogP contribution in [0.25, 0.3) is 0 Å². The number of halogens is 1. The molecule has 1 unspecified atom stereocenters. The lowest BCUT2D eigenvalue weighted by atomic mass is 10.2. The Kier molecular flexibility index (Phi) is 6.53. The van der Waals surface area contributed by atoms with Crippen LogP contribution in [0.3, 0.4) is 0 Å². The Labute approximate surface area is 167 Å². The van der Waals surface area contributed by atoms with Gasteiger partial charge in [0.15, 0.2) is 5.17 Å². The molecule has 1 atom stereocenters. The number of hydrogen-bond donors (Lipinski definition) is 1. The van der Waals surface area contributed by atoms with Gasteiger partial charge < -0.3 is 5.32 Å². The maximum Gasteiger partial charge on any atom is 0.234 e. The van der Waals surface area contributed by atoms with E-state index in [0.717, 1.165) is 5.56 Å². The first-order valence-electron chi connectivity index (χ1n) is 8.69. The molecule has 0 saturated carbocycles. The first kappa shape index (κ1) is 19.5. The van der Waals surface area contributed by atoms with Gasteiger partial charge in [-0.25, -0.2) is 4.99 Å². The molecule has 0 aliphatic carbocycles. The first-order chi connectivity index (χ1) is 13.1. The maximum atomic E-state index is 12.8. The molecule has 0 aromatic heterocycles. The minimum Gasteiger partial charge on any atom is -0.355 e. The van der Waals surface area contributed by atoms with Crippen molar-refractivity contribution in [2.75, 3.05) is 6.54 Å². The van der Waals surface area contributed by atoms with Crippen molar-refractivity contribution in [1.82, 2.24) is 10.2 Å². The van der Waals surface area contributed by atoms with Crippen molar-refractivity contribution < 1.29 is 9.59 Å². The van der Waals surface area contributed by atoms with Crippen LogP contribution >= 0.6 is 23.4 Å². The van der Waals surface area contributed by atoms with Crippen LogP contribution in [0.5, 0.6) is 0 Å². The van der Waals surface area contributed by atoms with Gasteiger partial charge in [0.1, 0.15) is 0 Å². The molecule has 5 nitrogen and oxygen atoms in total. The van der Waals surface area contributed by atoms with Crippen molar-refractivity contribution in [3.63, 3.8) is 0 Å². The highest BCUT2D eigenvalue weighted by molar-refractivity contribution is 8.15. The van der Waals surface area contributed by atoms with Crippen LogP contribution in [-0.4, -0.2) is 33.7 Å². The number of amidine groups is 1. The molecule has 7 heteroatoms. The molecule has 1 saturated heterocycles. The molecule has 1 heterocycles. The third-order valence-corrected chi connectivity index (χ3v) is 5.46. The van der Waals surface area contributed by atoms with Crippen molar-refractivity contribution in [2.24, 2.45) is 4.99 Å². The highest BCUT2D eigenvalue weighted by Gasteiger charge is 2.35. The quantitative estimate of drug-likeness (QED) is 0.823. The smallest absolute Gasteiger partial charge is 0.234 e. The van der Waals surface area contributed by atoms with E-state index < -0.39 is 5.25 Å². The van der Waals surface area contributed by atoms with Crippen LogP contribution < -0.4 is 5.32 Å². The van der Waals surface area contributed by atoms with Crippen LogP contribution in [0.4, 0.5) is 5.69 Å². The van der Waals surface area contributed by atoms with E-state index in [9.17, 15) is 9.59 Å². The number of carbonyl (C=O) groups is 2. The van der Waals surface area contributed by atoms with E-state index in [2.05, 4.69) is 10.3 Å². The number of benzene rings is 2. The standard InChI is InChI=1S/C20H20ClN3O2S/c1-2-22-19(26)17-12-18(25)24(13-14-6-4-3-5-7-14)20(27-17)23-16-10-8-15(21)9-11-16/h3-11,17H,2,12-13H2,1H3,(H,22,26). The second-order valence-electron chi connectivity index (χ2n) is 6.04. The van der Waals surface area contributed by atoms with E-state index in [4.69, 9.17) is 11.6 Å². The molecular weight excluding hydrogens is 382 g/mol. The fraction of sp³-hybridized carbons (Fsp3) is 0.250. The van der Waals surface area contributed by atoms with Gasteiger partial charge in [0.25, 0.3) is 0 Å². The van der Waals surface area contributed by atoms with Gasteiger partial charge in [-0.1, -0.05) is 53.7 Å². The zero-order chi connectivity index (χ0) is 19.2. The largest absolute Gasteiger partial charge is 0.355 e. The van der Waals surface area contributed by atoms with E-state index >= 15 is 0 Å². The van der Waals surface area contributed by atoms with Gasteiger partial charge in [-0.05, 0) is 36.8 Å². The van der Waals surface area contributed by atoms with E-state index in [-0.39, 0.29) is 18.2 Å². The summed E-state index contributed by atoms with van der Waals surface area (Å²) in [5.41, 5.74) is 1.69. The number of carbonyl (C=O) groups excluding carboxylic acids is 2. The van der Waals surface area contributed by atoms with Crippen LogP contribution in [-0.2, 0) is 16.1 Å². The van der Waals surface area contributed by atoms with Crippen molar-refractivity contribution in [2.45, 2.75) is 25.1 Å². The Bertz CT molecular complexity index is 840. The fourth-order valence-electron chi connectivity index (χ4n) is 2.68. The molecule has 1 fully saturated rings. The topological polar surface area (TPSA) is 61.8 Å². The summed E-state index contributed by atoms with van der Waals surface area (Å²) in [6, 6.07) is 16.8. The Morgan fingerprint density at radius 2 is 1.93 bits per heavy atom. The minimum absolute atomic E-state index is 0.110. The van der Waals surface area contributed by atoms with Crippen molar-refractivity contribution in [3.05, 3.63) is 65.2 Å². The summed E-state index contributed by atoms with van der Waals surface area (Å²) in [6.07, 6.45) is 0.156. The molecule has 2 aromatic rings. The Hall–Kier alpha value is -2.31. The number of amides is 2. The molecule has 3 rings (SSSR count). The summed E-state index contributed by atoms with van der Waals surface area (Å²) in [6.45, 7) is 2.81. The Morgan fingerprint density at radius 3 is 2.59 bits per heavy atom. The van der Waals surface area contributed by atoms with Gasteiger partial charge in [0.05, 0.1) is 17.5 Å². The predicted molar refractivity (Wildman–Crippen MR) is 110 cm³/mol. The van der Waals surface area contributed by atoms with Gasteiger partial charge >= 0.3 is 0 Å². The summed E-state index contributed by atoms with van der Waals surface area (Å²) in [5.74, 6) is -0.249. The molecule has 0 bridgehead atoms. The van der Waals surface area contributed by atoms with Crippen LogP contribution in [0.1, 0.15) is 18.9 Å². The van der Waals surface area contributed by atoms with Gasteiger partial charge in [-0.3, -0.25) is 14.5 Å². The summed E-state index contributed by atoms with van der Waals surface area (Å²) < 4.78 is 0. The van der Waals surface area contributed by atoms with E-state index in [0.29, 0.717) is 29.0 Å². The fourth-order valence-corrected chi connectivity index (χ4v) is 3.93. The monoisotopic (exact) mass is 401 g/mol. The second kappa shape index (κ2) is 9.06. The highest BCUT2D eigenvalue weighted by Crippen LogP contribution is 2.30. The number of rotatable bonds is 5. The van der Waals surface area contributed by atoms with E-state index in [1.165, 1.54) is 11.8 Å². The molecule has 2 aromatic carbocycles. The maximum absolute atomic E-state index is 12.8. The number of aliphatic imine (C=N–C) groups is 1. The van der Waals surface area contributed by atoms with Gasteiger partial charge in [-0.2, -0.15) is 0 Å². The van der Waals surface area contributed by atoms with Crippen molar-refractivity contribution in [1.29, 1.82) is 0 Å². The lowest BCUT2D eigenvalue weighted by Crippen LogP contribution is -2.46. The molecule has 0 spiro atoms. The van der Waals surface area contributed by atoms with Gasteiger partial charge in [0, 0.05) is 18.0 Å². The minimum atomic E-state index is -0.476. The van der Waals surface area contributed by atoms with Crippen LogP contribution in [0.15, 0.2) is 59.6 Å². The SMILES string of the molecule is CCNC(=O)C1CC(=O)N(Cc2ccccc2)C(=Nc2ccc(Cl)cc2)S1. The first-order valence-corrected chi connectivity index (χ1v) is 9.95. The molecule has 0 radical (unpaired) electrons. The van der Waals surface area contributed by atoms with Crippen molar-refractivity contribution >= 4 is 46.0 Å². The Balaban J connectivity index is 1.90. The number of thioether (sulfide) groups is 1. The molecule has 2 amide bonds. The van der Waals surface area contributed by atoms with Gasteiger partial charge in [0.2, 0.25) is 11.8 Å². The average Bonchev–Trinajstić information content (AvgIpc) is 2.67. The number of nitrogens with one attached hydrogen (secondary N) is 1. The zero-order valence-corrected chi connectivity index (χ0v) is 16.5. The molecular formula is C20H20ClN3O2S. The van der Waals surface area contributed by atoms with E-state index in [1.54, 1.807) is 29.2 Å². The van der Waals surface area contributed by atoms with Crippen LogP contribution in [0, 0.1) is 0 Å². The summed E-state index contributed by atoms with van der Waals surface area (Å²) in [5, 5.41) is 3.45. The third-order valence-electron chi connectivity index (χ3n) is 4.02. The van der Waals surface area contributed by atoms with E-state index in [1.807, 2.05) is 37.3 Å². The summed E-state index contributed by atoms with van der Waals surface area (Å²) >= 11 is 7.26. The normalized spacial score (nSPS) is 18.6. The third kappa shape index (κ3) is 5.11. The van der Waals surface area contributed by atoms with Crippen LogP contribution in [0.2, 0.25) is 5.02 Å². The average molecular weight is 402 g/mol. The molecule has 1 N–H and O–H groups in total. The molecule has 140 valence electrons.